The molecule has 0 unspecified atom stereocenters. The van der Waals surface area contributed by atoms with Crippen molar-refractivity contribution in [2.75, 3.05) is 13.1 Å². The van der Waals surface area contributed by atoms with Gasteiger partial charge in [-0.2, -0.15) is 0 Å². The fourth-order valence-electron chi connectivity index (χ4n) is 1.53. The molecule has 0 bridgehead atoms. The molecule has 0 aliphatic heterocycles. The van der Waals surface area contributed by atoms with Gasteiger partial charge in [-0.3, -0.25) is 0 Å². The zero-order valence-corrected chi connectivity index (χ0v) is 10.5. The van der Waals surface area contributed by atoms with Gasteiger partial charge in [0.1, 0.15) is 0 Å². The lowest BCUT2D eigenvalue weighted by molar-refractivity contribution is 0.469. The minimum absolute atomic E-state index is 0.439. The SMILES string of the molecule is NCC1(CNCc2cc(Br)cs2)CC1. The fourth-order valence-corrected chi connectivity index (χ4v) is 2.95. The summed E-state index contributed by atoms with van der Waals surface area (Å²) in [6.07, 6.45) is 2.59. The number of halogens is 1. The molecule has 1 aromatic rings. The van der Waals surface area contributed by atoms with Crippen LogP contribution in [0, 0.1) is 5.41 Å². The van der Waals surface area contributed by atoms with E-state index in [9.17, 15) is 0 Å². The Morgan fingerprint density at radius 3 is 2.86 bits per heavy atom. The molecule has 0 spiro atoms. The van der Waals surface area contributed by atoms with Crippen LogP contribution in [0.5, 0.6) is 0 Å². The van der Waals surface area contributed by atoms with E-state index in [4.69, 9.17) is 5.73 Å². The van der Waals surface area contributed by atoms with Gasteiger partial charge in [0.2, 0.25) is 0 Å². The van der Waals surface area contributed by atoms with Gasteiger partial charge in [0.05, 0.1) is 0 Å². The van der Waals surface area contributed by atoms with E-state index in [-0.39, 0.29) is 0 Å². The number of hydrogen-bond donors (Lipinski definition) is 2. The van der Waals surface area contributed by atoms with Crippen LogP contribution in [0.25, 0.3) is 0 Å². The molecule has 14 heavy (non-hydrogen) atoms. The lowest BCUT2D eigenvalue weighted by Gasteiger charge is -2.12. The molecule has 2 rings (SSSR count). The Balaban J connectivity index is 1.73. The molecular weight excluding hydrogens is 260 g/mol. The van der Waals surface area contributed by atoms with Gasteiger partial charge in [-0.05, 0) is 46.8 Å². The molecule has 1 aromatic heterocycles. The Labute approximate surface area is 97.0 Å². The van der Waals surface area contributed by atoms with E-state index in [0.29, 0.717) is 5.41 Å². The summed E-state index contributed by atoms with van der Waals surface area (Å²) in [6, 6.07) is 2.17. The van der Waals surface area contributed by atoms with Gasteiger partial charge in [-0.15, -0.1) is 11.3 Å². The standard InChI is InChI=1S/C10H15BrN2S/c11-8-3-9(14-5-8)4-13-7-10(6-12)1-2-10/h3,5,13H,1-2,4,6-7,12H2. The van der Waals surface area contributed by atoms with Gasteiger partial charge in [0, 0.05) is 27.8 Å². The maximum atomic E-state index is 5.71. The van der Waals surface area contributed by atoms with Crippen molar-refractivity contribution in [3.8, 4) is 0 Å². The molecule has 0 amide bonds. The van der Waals surface area contributed by atoms with Gasteiger partial charge in [-0.25, -0.2) is 0 Å². The average Bonchev–Trinajstić information content (AvgIpc) is 2.84. The number of nitrogens with two attached hydrogens (primary N) is 1. The normalized spacial score (nSPS) is 18.4. The second kappa shape index (κ2) is 4.31. The zero-order chi connectivity index (χ0) is 10.0. The minimum Gasteiger partial charge on any atom is -0.330 e. The summed E-state index contributed by atoms with van der Waals surface area (Å²) in [6.45, 7) is 2.87. The first-order chi connectivity index (χ1) is 6.74. The molecular formula is C10H15BrN2S. The lowest BCUT2D eigenvalue weighted by atomic mass is 10.1. The van der Waals surface area contributed by atoms with Crippen molar-refractivity contribution in [1.29, 1.82) is 0 Å². The van der Waals surface area contributed by atoms with Gasteiger partial charge in [-0.1, -0.05) is 0 Å². The van der Waals surface area contributed by atoms with E-state index in [0.717, 1.165) is 19.6 Å². The Morgan fingerprint density at radius 1 is 1.57 bits per heavy atom. The maximum Gasteiger partial charge on any atom is 0.0300 e. The third kappa shape index (κ3) is 2.57. The second-order valence-electron chi connectivity index (χ2n) is 4.04. The molecule has 1 aliphatic carbocycles. The Hall–Kier alpha value is 0.1000. The monoisotopic (exact) mass is 274 g/mol. The first kappa shape index (κ1) is 10.6. The lowest BCUT2D eigenvalue weighted by Crippen LogP contribution is -2.29. The van der Waals surface area contributed by atoms with E-state index in [1.807, 2.05) is 0 Å². The van der Waals surface area contributed by atoms with E-state index in [2.05, 4.69) is 32.7 Å². The van der Waals surface area contributed by atoms with Crippen LogP contribution in [-0.2, 0) is 6.54 Å². The van der Waals surface area contributed by atoms with Crippen molar-refractivity contribution in [3.63, 3.8) is 0 Å². The number of hydrogen-bond acceptors (Lipinski definition) is 3. The van der Waals surface area contributed by atoms with E-state index in [1.54, 1.807) is 11.3 Å². The summed E-state index contributed by atoms with van der Waals surface area (Å²) < 4.78 is 1.18. The van der Waals surface area contributed by atoms with Crippen LogP contribution in [0.1, 0.15) is 17.7 Å². The molecule has 0 aromatic carbocycles. The molecule has 4 heteroatoms. The highest BCUT2D eigenvalue weighted by Gasteiger charge is 2.40. The van der Waals surface area contributed by atoms with Crippen LogP contribution in [-0.4, -0.2) is 13.1 Å². The molecule has 1 heterocycles. The molecule has 3 N–H and O–H groups in total. The molecule has 1 saturated carbocycles. The van der Waals surface area contributed by atoms with Crippen molar-refractivity contribution in [2.24, 2.45) is 11.1 Å². The third-order valence-corrected chi connectivity index (χ3v) is 4.51. The zero-order valence-electron chi connectivity index (χ0n) is 8.05. The van der Waals surface area contributed by atoms with E-state index in [1.165, 1.54) is 22.2 Å². The first-order valence-electron chi connectivity index (χ1n) is 4.88. The minimum atomic E-state index is 0.439. The smallest absolute Gasteiger partial charge is 0.0300 e. The van der Waals surface area contributed by atoms with Gasteiger partial charge in [0.25, 0.3) is 0 Å². The second-order valence-corrected chi connectivity index (χ2v) is 5.95. The highest BCUT2D eigenvalue weighted by molar-refractivity contribution is 9.10. The van der Waals surface area contributed by atoms with Crippen LogP contribution in [0.2, 0.25) is 0 Å². The highest BCUT2D eigenvalue weighted by atomic mass is 79.9. The van der Waals surface area contributed by atoms with Crippen molar-refractivity contribution in [1.82, 2.24) is 5.32 Å². The molecule has 1 aliphatic rings. The molecule has 0 saturated heterocycles. The van der Waals surface area contributed by atoms with Crippen LogP contribution in [0.15, 0.2) is 15.9 Å². The van der Waals surface area contributed by atoms with Crippen molar-refractivity contribution in [3.05, 3.63) is 20.8 Å². The Bertz CT molecular complexity index is 307. The predicted octanol–water partition coefficient (Wildman–Crippen LogP) is 2.34. The maximum absolute atomic E-state index is 5.71. The van der Waals surface area contributed by atoms with E-state index >= 15 is 0 Å². The van der Waals surface area contributed by atoms with Gasteiger partial charge >= 0.3 is 0 Å². The van der Waals surface area contributed by atoms with Crippen LogP contribution in [0.4, 0.5) is 0 Å². The predicted molar refractivity (Wildman–Crippen MR) is 64.4 cm³/mol. The van der Waals surface area contributed by atoms with Crippen LogP contribution in [0.3, 0.4) is 0 Å². The van der Waals surface area contributed by atoms with Crippen molar-refractivity contribution in [2.45, 2.75) is 19.4 Å². The molecule has 2 nitrogen and oxygen atoms in total. The molecule has 1 fully saturated rings. The Kier molecular flexibility index (Phi) is 3.27. The summed E-state index contributed by atoms with van der Waals surface area (Å²) >= 11 is 5.24. The number of rotatable bonds is 5. The van der Waals surface area contributed by atoms with Crippen LogP contribution < -0.4 is 11.1 Å². The van der Waals surface area contributed by atoms with Gasteiger partial charge in [0.15, 0.2) is 0 Å². The highest BCUT2D eigenvalue weighted by Crippen LogP contribution is 2.43. The van der Waals surface area contributed by atoms with Gasteiger partial charge < -0.3 is 11.1 Å². The van der Waals surface area contributed by atoms with Crippen LogP contribution >= 0.6 is 27.3 Å². The third-order valence-electron chi connectivity index (χ3n) is 2.81. The summed E-state index contributed by atoms with van der Waals surface area (Å²) in [5.74, 6) is 0. The van der Waals surface area contributed by atoms with Crippen molar-refractivity contribution >= 4 is 27.3 Å². The number of nitrogens with one attached hydrogen (secondary N) is 1. The summed E-state index contributed by atoms with van der Waals surface area (Å²) in [7, 11) is 0. The number of thiophene rings is 1. The quantitative estimate of drug-likeness (QED) is 0.865. The first-order valence-corrected chi connectivity index (χ1v) is 6.55. The Morgan fingerprint density at radius 2 is 2.36 bits per heavy atom. The summed E-state index contributed by atoms with van der Waals surface area (Å²) in [5.41, 5.74) is 6.15. The van der Waals surface area contributed by atoms with E-state index < -0.39 is 0 Å². The van der Waals surface area contributed by atoms with Crippen molar-refractivity contribution < 1.29 is 0 Å². The molecule has 0 atom stereocenters. The summed E-state index contributed by atoms with van der Waals surface area (Å²) in [4.78, 5) is 1.38. The fraction of sp³-hybridized carbons (Fsp3) is 0.600. The molecule has 78 valence electrons. The topological polar surface area (TPSA) is 38.0 Å². The largest absolute Gasteiger partial charge is 0.330 e. The average molecular weight is 275 g/mol. The summed E-state index contributed by atoms with van der Waals surface area (Å²) in [5, 5.41) is 5.60. The molecule has 0 radical (unpaired) electrons.